The molecule has 3 rings (SSSR count). The summed E-state index contributed by atoms with van der Waals surface area (Å²) in [5, 5.41) is 0. The molecule has 0 aliphatic carbocycles. The van der Waals surface area contributed by atoms with Gasteiger partial charge in [-0.3, -0.25) is 4.79 Å². The Morgan fingerprint density at radius 3 is 2.46 bits per heavy atom. The Bertz CT molecular complexity index is 722. The van der Waals surface area contributed by atoms with E-state index in [2.05, 4.69) is 16.7 Å². The molecule has 1 atom stereocenters. The second-order valence-corrected chi connectivity index (χ2v) is 6.48. The first-order valence-electron chi connectivity index (χ1n) is 8.59. The van der Waals surface area contributed by atoms with Crippen molar-refractivity contribution in [2.45, 2.75) is 19.1 Å². The van der Waals surface area contributed by atoms with Crippen LogP contribution in [-0.4, -0.2) is 49.0 Å². The summed E-state index contributed by atoms with van der Waals surface area (Å²) in [7, 11) is 2.06. The third kappa shape index (κ3) is 4.58. The number of rotatable bonds is 5. The van der Waals surface area contributed by atoms with Gasteiger partial charge in [0.2, 0.25) is 5.91 Å². The fourth-order valence-corrected chi connectivity index (χ4v) is 3.24. The molecule has 1 aliphatic rings. The first kappa shape index (κ1) is 18.3. The number of carbonyl (C=O) groups excluding carboxylic acids is 1. The van der Waals surface area contributed by atoms with Crippen molar-refractivity contribution in [2.24, 2.45) is 0 Å². The fraction of sp³-hybridized carbons (Fsp3) is 0.350. The van der Waals surface area contributed by atoms with E-state index >= 15 is 0 Å². The highest BCUT2D eigenvalue weighted by Crippen LogP contribution is 2.26. The number of nitrogens with zero attached hydrogens (tertiary/aromatic N) is 2. The van der Waals surface area contributed by atoms with Crippen molar-refractivity contribution in [2.75, 3.05) is 26.7 Å². The van der Waals surface area contributed by atoms with E-state index in [9.17, 15) is 13.6 Å². The van der Waals surface area contributed by atoms with Crippen molar-refractivity contribution >= 4 is 5.91 Å². The summed E-state index contributed by atoms with van der Waals surface area (Å²) in [4.78, 5) is 17.0. The van der Waals surface area contributed by atoms with Crippen molar-refractivity contribution < 1.29 is 18.3 Å². The summed E-state index contributed by atoms with van der Waals surface area (Å²) >= 11 is 0. The van der Waals surface area contributed by atoms with E-state index < -0.39 is 6.61 Å². The minimum atomic E-state index is -2.85. The quantitative estimate of drug-likeness (QED) is 0.820. The van der Waals surface area contributed by atoms with E-state index in [-0.39, 0.29) is 24.1 Å². The highest BCUT2D eigenvalue weighted by Gasteiger charge is 2.29. The lowest BCUT2D eigenvalue weighted by Crippen LogP contribution is -2.49. The van der Waals surface area contributed by atoms with E-state index in [0.717, 1.165) is 24.2 Å². The molecule has 0 bridgehead atoms. The first-order chi connectivity index (χ1) is 12.5. The zero-order valence-electron chi connectivity index (χ0n) is 14.6. The van der Waals surface area contributed by atoms with Gasteiger partial charge in [-0.05, 0) is 30.3 Å². The third-order valence-electron chi connectivity index (χ3n) is 4.59. The molecule has 0 aromatic heterocycles. The molecule has 6 heteroatoms. The van der Waals surface area contributed by atoms with Crippen LogP contribution in [0.25, 0.3) is 0 Å². The monoisotopic (exact) mass is 360 g/mol. The van der Waals surface area contributed by atoms with Gasteiger partial charge >= 0.3 is 6.61 Å². The van der Waals surface area contributed by atoms with E-state index in [0.29, 0.717) is 6.54 Å². The Labute approximate surface area is 152 Å². The molecular weight excluding hydrogens is 338 g/mol. The molecule has 4 nitrogen and oxygen atoms in total. The number of amides is 1. The molecule has 1 aliphatic heterocycles. The summed E-state index contributed by atoms with van der Waals surface area (Å²) in [6.45, 7) is -0.561. The molecule has 0 saturated carbocycles. The predicted octanol–water partition coefficient (Wildman–Crippen LogP) is 3.35. The number of hydrogen-bond acceptors (Lipinski definition) is 3. The molecule has 0 radical (unpaired) electrons. The van der Waals surface area contributed by atoms with Gasteiger partial charge in [-0.25, -0.2) is 0 Å². The predicted molar refractivity (Wildman–Crippen MR) is 95.2 cm³/mol. The maximum atomic E-state index is 12.9. The van der Waals surface area contributed by atoms with Gasteiger partial charge in [0.25, 0.3) is 0 Å². The third-order valence-corrected chi connectivity index (χ3v) is 4.59. The summed E-state index contributed by atoms with van der Waals surface area (Å²) in [6, 6.07) is 16.3. The normalized spacial score (nSPS) is 18.2. The van der Waals surface area contributed by atoms with Gasteiger partial charge < -0.3 is 14.5 Å². The molecule has 1 heterocycles. The SMILES string of the molecule is CN1CCN(C(=O)Cc2ccc(OC(F)F)cc2)C(c2ccccc2)C1. The highest BCUT2D eigenvalue weighted by atomic mass is 19.3. The van der Waals surface area contributed by atoms with Crippen LogP contribution in [0.1, 0.15) is 17.2 Å². The van der Waals surface area contributed by atoms with Gasteiger partial charge in [-0.15, -0.1) is 0 Å². The zero-order valence-corrected chi connectivity index (χ0v) is 14.6. The van der Waals surface area contributed by atoms with Gasteiger partial charge in [0.1, 0.15) is 5.75 Å². The molecular formula is C20H22F2N2O2. The summed E-state index contributed by atoms with van der Waals surface area (Å²) < 4.78 is 28.8. The van der Waals surface area contributed by atoms with Crippen molar-refractivity contribution in [3.05, 3.63) is 65.7 Å². The van der Waals surface area contributed by atoms with Gasteiger partial charge in [0.15, 0.2) is 0 Å². The molecule has 0 N–H and O–H groups in total. The number of benzene rings is 2. The number of hydrogen-bond donors (Lipinski definition) is 0. The Kier molecular flexibility index (Phi) is 5.83. The lowest BCUT2D eigenvalue weighted by Gasteiger charge is -2.40. The zero-order chi connectivity index (χ0) is 18.5. The Hall–Kier alpha value is -2.47. The molecule has 1 amide bonds. The summed E-state index contributed by atoms with van der Waals surface area (Å²) in [6.07, 6.45) is 0.238. The van der Waals surface area contributed by atoms with Gasteiger partial charge in [0, 0.05) is 19.6 Å². The van der Waals surface area contributed by atoms with Crippen LogP contribution in [-0.2, 0) is 11.2 Å². The average Bonchev–Trinajstić information content (AvgIpc) is 2.63. The van der Waals surface area contributed by atoms with Crippen LogP contribution >= 0.6 is 0 Å². The van der Waals surface area contributed by atoms with Crippen LogP contribution < -0.4 is 4.74 Å². The van der Waals surface area contributed by atoms with Crippen LogP contribution in [0.3, 0.4) is 0 Å². The number of carbonyl (C=O) groups is 1. The standard InChI is InChI=1S/C20H22F2N2O2/c1-23-11-12-24(18(14-23)16-5-3-2-4-6-16)19(25)13-15-7-9-17(10-8-15)26-20(21)22/h2-10,18,20H,11-14H2,1H3. The number of halogens is 2. The molecule has 1 unspecified atom stereocenters. The Morgan fingerprint density at radius 2 is 1.81 bits per heavy atom. The maximum Gasteiger partial charge on any atom is 0.387 e. The molecule has 0 spiro atoms. The molecule has 2 aromatic carbocycles. The van der Waals surface area contributed by atoms with Gasteiger partial charge in [0.05, 0.1) is 12.5 Å². The highest BCUT2D eigenvalue weighted by molar-refractivity contribution is 5.79. The number of ether oxygens (including phenoxy) is 1. The van der Waals surface area contributed by atoms with Crippen molar-refractivity contribution in [3.8, 4) is 5.75 Å². The van der Waals surface area contributed by atoms with Crippen LogP contribution in [0.2, 0.25) is 0 Å². The summed E-state index contributed by atoms with van der Waals surface area (Å²) in [5.74, 6) is 0.132. The largest absolute Gasteiger partial charge is 0.435 e. The minimum absolute atomic E-state index is 0.0175. The number of piperazine rings is 1. The molecule has 2 aromatic rings. The first-order valence-corrected chi connectivity index (χ1v) is 8.59. The van der Waals surface area contributed by atoms with Crippen LogP contribution in [0.4, 0.5) is 8.78 Å². The summed E-state index contributed by atoms with van der Waals surface area (Å²) in [5.41, 5.74) is 1.90. The van der Waals surface area contributed by atoms with E-state index in [1.807, 2.05) is 35.2 Å². The van der Waals surface area contributed by atoms with E-state index in [1.54, 1.807) is 12.1 Å². The fourth-order valence-electron chi connectivity index (χ4n) is 3.24. The van der Waals surface area contributed by atoms with Crippen LogP contribution in [0.5, 0.6) is 5.75 Å². The molecule has 26 heavy (non-hydrogen) atoms. The van der Waals surface area contributed by atoms with Crippen LogP contribution in [0.15, 0.2) is 54.6 Å². The molecule has 1 fully saturated rings. The van der Waals surface area contributed by atoms with Crippen LogP contribution in [0, 0.1) is 0 Å². The topological polar surface area (TPSA) is 32.8 Å². The van der Waals surface area contributed by atoms with Crippen molar-refractivity contribution in [1.82, 2.24) is 9.80 Å². The lowest BCUT2D eigenvalue weighted by molar-refractivity contribution is -0.135. The lowest BCUT2D eigenvalue weighted by atomic mass is 10.0. The minimum Gasteiger partial charge on any atom is -0.435 e. The van der Waals surface area contributed by atoms with E-state index in [1.165, 1.54) is 12.1 Å². The average molecular weight is 360 g/mol. The van der Waals surface area contributed by atoms with Gasteiger partial charge in [-0.2, -0.15) is 8.78 Å². The number of likely N-dealkylation sites (N-methyl/N-ethyl adjacent to an activating group) is 1. The van der Waals surface area contributed by atoms with E-state index in [4.69, 9.17) is 0 Å². The molecule has 1 saturated heterocycles. The second-order valence-electron chi connectivity index (χ2n) is 6.48. The maximum absolute atomic E-state index is 12.9. The smallest absolute Gasteiger partial charge is 0.387 e. The second kappa shape index (κ2) is 8.27. The van der Waals surface area contributed by atoms with Crippen molar-refractivity contribution in [3.63, 3.8) is 0 Å². The van der Waals surface area contributed by atoms with Gasteiger partial charge in [-0.1, -0.05) is 42.5 Å². The van der Waals surface area contributed by atoms with Crippen molar-refractivity contribution in [1.29, 1.82) is 0 Å². The Balaban J connectivity index is 1.71. The number of alkyl halides is 2. The Morgan fingerprint density at radius 1 is 1.12 bits per heavy atom. The molecule has 138 valence electrons.